The van der Waals surface area contributed by atoms with E-state index in [4.69, 9.17) is 4.74 Å². The second-order valence-electron chi connectivity index (χ2n) is 3.91. The van der Waals surface area contributed by atoms with Crippen LogP contribution in [-0.2, 0) is 10.0 Å². The molecule has 0 unspecified atom stereocenters. The van der Waals surface area contributed by atoms with Crippen LogP contribution in [-0.4, -0.2) is 20.6 Å². The molecule has 0 spiro atoms. The summed E-state index contributed by atoms with van der Waals surface area (Å²) in [5.41, 5.74) is -0.0701. The van der Waals surface area contributed by atoms with Gasteiger partial charge in [-0.05, 0) is 36.4 Å². The first kappa shape index (κ1) is 14.1. The predicted octanol–water partition coefficient (Wildman–Crippen LogP) is 2.34. The van der Waals surface area contributed by atoms with Crippen LogP contribution in [0.3, 0.4) is 0 Å². The Hall–Kier alpha value is -2.28. The molecule has 106 valence electrons. The predicted molar refractivity (Wildman–Crippen MR) is 71.9 cm³/mol. The summed E-state index contributed by atoms with van der Waals surface area (Å²) < 4.78 is 44.3. The van der Waals surface area contributed by atoms with Gasteiger partial charge in [0.1, 0.15) is 23.0 Å². The first-order valence-electron chi connectivity index (χ1n) is 5.58. The second kappa shape index (κ2) is 5.38. The smallest absolute Gasteiger partial charge is 0.262 e. The number of phenols is 1. The van der Waals surface area contributed by atoms with Crippen LogP contribution in [0.15, 0.2) is 47.4 Å². The number of hydrogen-bond acceptors (Lipinski definition) is 4. The number of hydrogen-bond donors (Lipinski definition) is 2. The number of phenolic OH excluding ortho intramolecular Hbond substituents is 1. The molecule has 2 aromatic carbocycles. The molecule has 0 radical (unpaired) electrons. The number of ether oxygens (including phenoxy) is 1. The van der Waals surface area contributed by atoms with E-state index in [2.05, 4.69) is 4.72 Å². The number of benzene rings is 2. The molecule has 7 heteroatoms. The molecular formula is C13H12FNO4S. The minimum Gasteiger partial charge on any atom is -0.506 e. The number of methoxy groups -OCH3 is 1. The highest BCUT2D eigenvalue weighted by Crippen LogP contribution is 2.34. The van der Waals surface area contributed by atoms with Crippen molar-refractivity contribution in [3.05, 3.63) is 48.3 Å². The van der Waals surface area contributed by atoms with Gasteiger partial charge in [0.25, 0.3) is 10.0 Å². The van der Waals surface area contributed by atoms with Gasteiger partial charge in [0.2, 0.25) is 0 Å². The van der Waals surface area contributed by atoms with Crippen LogP contribution in [0.5, 0.6) is 11.5 Å². The van der Waals surface area contributed by atoms with Crippen molar-refractivity contribution in [3.63, 3.8) is 0 Å². The van der Waals surface area contributed by atoms with Crippen molar-refractivity contribution in [3.8, 4) is 11.5 Å². The zero-order chi connectivity index (χ0) is 14.8. The van der Waals surface area contributed by atoms with Crippen LogP contribution < -0.4 is 9.46 Å². The van der Waals surface area contributed by atoms with Crippen LogP contribution in [0, 0.1) is 5.82 Å². The molecule has 2 rings (SSSR count). The monoisotopic (exact) mass is 297 g/mol. The Morgan fingerprint density at radius 3 is 2.40 bits per heavy atom. The summed E-state index contributed by atoms with van der Waals surface area (Å²) in [5, 5.41) is 9.71. The molecule has 0 aromatic heterocycles. The van der Waals surface area contributed by atoms with Gasteiger partial charge in [-0.25, -0.2) is 12.8 Å². The molecule has 2 aromatic rings. The molecular weight excluding hydrogens is 285 g/mol. The first-order valence-corrected chi connectivity index (χ1v) is 7.07. The lowest BCUT2D eigenvalue weighted by Gasteiger charge is -2.13. The largest absolute Gasteiger partial charge is 0.506 e. The van der Waals surface area contributed by atoms with Crippen LogP contribution in [0.2, 0.25) is 0 Å². The number of halogens is 1. The average molecular weight is 297 g/mol. The van der Waals surface area contributed by atoms with Crippen molar-refractivity contribution in [1.29, 1.82) is 0 Å². The molecule has 0 aliphatic heterocycles. The van der Waals surface area contributed by atoms with Crippen molar-refractivity contribution < 1.29 is 22.7 Å². The number of aromatic hydroxyl groups is 1. The third-order valence-corrected chi connectivity index (χ3v) is 3.95. The summed E-state index contributed by atoms with van der Waals surface area (Å²) >= 11 is 0. The molecule has 0 saturated carbocycles. The normalized spacial score (nSPS) is 11.1. The van der Waals surface area contributed by atoms with E-state index in [0.29, 0.717) is 0 Å². The maximum atomic E-state index is 12.8. The Kier molecular flexibility index (Phi) is 3.80. The summed E-state index contributed by atoms with van der Waals surface area (Å²) in [7, 11) is -2.59. The highest BCUT2D eigenvalue weighted by atomic mass is 32.2. The van der Waals surface area contributed by atoms with Crippen LogP contribution in [0.4, 0.5) is 10.1 Å². The van der Waals surface area contributed by atoms with Crippen LogP contribution in [0.25, 0.3) is 0 Å². The highest BCUT2D eigenvalue weighted by molar-refractivity contribution is 7.92. The molecule has 0 bridgehead atoms. The summed E-state index contributed by atoms with van der Waals surface area (Å²) in [4.78, 5) is -0.121. The van der Waals surface area contributed by atoms with E-state index in [1.807, 2.05) is 0 Å². The molecule has 2 N–H and O–H groups in total. The Morgan fingerprint density at radius 1 is 1.15 bits per heavy atom. The van der Waals surface area contributed by atoms with Crippen LogP contribution in [0.1, 0.15) is 0 Å². The lowest BCUT2D eigenvalue weighted by atomic mass is 10.3. The topological polar surface area (TPSA) is 75.6 Å². The second-order valence-corrected chi connectivity index (χ2v) is 5.60. The lowest BCUT2D eigenvalue weighted by Crippen LogP contribution is -2.13. The van der Waals surface area contributed by atoms with Crippen molar-refractivity contribution in [2.75, 3.05) is 11.8 Å². The van der Waals surface area contributed by atoms with E-state index >= 15 is 0 Å². The van der Waals surface area contributed by atoms with Gasteiger partial charge in [-0.15, -0.1) is 0 Å². The fourth-order valence-corrected chi connectivity index (χ4v) is 2.69. The van der Waals surface area contributed by atoms with E-state index in [-0.39, 0.29) is 22.1 Å². The SMILES string of the molecule is COc1cccc(O)c1NS(=O)(=O)c1ccc(F)cc1. The van der Waals surface area contributed by atoms with Crippen LogP contribution >= 0.6 is 0 Å². The summed E-state index contributed by atoms with van der Waals surface area (Å²) in [5.74, 6) is -0.630. The van der Waals surface area contributed by atoms with Gasteiger partial charge in [0, 0.05) is 0 Å². The maximum absolute atomic E-state index is 12.8. The van der Waals surface area contributed by atoms with Crippen molar-refractivity contribution >= 4 is 15.7 Å². The first-order chi connectivity index (χ1) is 9.44. The summed E-state index contributed by atoms with van der Waals surface area (Å²) in [6, 6.07) is 8.68. The molecule has 5 nitrogen and oxygen atoms in total. The molecule has 0 amide bonds. The minimum atomic E-state index is -3.94. The van der Waals surface area contributed by atoms with E-state index in [1.165, 1.54) is 25.3 Å². The van der Waals surface area contributed by atoms with Gasteiger partial charge in [-0.1, -0.05) is 6.07 Å². The number of anilines is 1. The zero-order valence-corrected chi connectivity index (χ0v) is 11.3. The third kappa shape index (κ3) is 2.83. The van der Waals surface area contributed by atoms with Gasteiger partial charge < -0.3 is 9.84 Å². The number of rotatable bonds is 4. The Bertz CT molecular complexity index is 714. The van der Waals surface area contributed by atoms with E-state index in [9.17, 15) is 17.9 Å². The molecule has 0 aliphatic carbocycles. The van der Waals surface area contributed by atoms with E-state index in [1.54, 1.807) is 0 Å². The third-order valence-electron chi connectivity index (χ3n) is 2.58. The fraction of sp³-hybridized carbons (Fsp3) is 0.0769. The number of para-hydroxylation sites is 1. The molecule has 0 saturated heterocycles. The van der Waals surface area contributed by atoms with Crippen molar-refractivity contribution in [1.82, 2.24) is 0 Å². The van der Waals surface area contributed by atoms with Gasteiger partial charge in [-0.3, -0.25) is 4.72 Å². The van der Waals surface area contributed by atoms with Gasteiger partial charge in [-0.2, -0.15) is 0 Å². The minimum absolute atomic E-state index is 0.0701. The van der Waals surface area contributed by atoms with Gasteiger partial charge in [0.05, 0.1) is 12.0 Å². The molecule has 0 heterocycles. The van der Waals surface area contributed by atoms with Gasteiger partial charge >= 0.3 is 0 Å². The Morgan fingerprint density at radius 2 is 1.80 bits per heavy atom. The lowest BCUT2D eigenvalue weighted by molar-refractivity contribution is 0.411. The summed E-state index contributed by atoms with van der Waals surface area (Å²) in [6.45, 7) is 0. The Balaban J connectivity index is 2.41. The molecule has 0 fully saturated rings. The molecule has 0 atom stereocenters. The average Bonchev–Trinajstić information content (AvgIpc) is 2.41. The van der Waals surface area contributed by atoms with E-state index < -0.39 is 15.8 Å². The van der Waals surface area contributed by atoms with Crippen molar-refractivity contribution in [2.24, 2.45) is 0 Å². The van der Waals surface area contributed by atoms with E-state index in [0.717, 1.165) is 24.3 Å². The van der Waals surface area contributed by atoms with Crippen molar-refractivity contribution in [2.45, 2.75) is 4.90 Å². The quantitative estimate of drug-likeness (QED) is 0.849. The van der Waals surface area contributed by atoms with Gasteiger partial charge in [0.15, 0.2) is 0 Å². The fourth-order valence-electron chi connectivity index (χ4n) is 1.60. The maximum Gasteiger partial charge on any atom is 0.262 e. The summed E-state index contributed by atoms with van der Waals surface area (Å²) in [6.07, 6.45) is 0. The molecule has 0 aliphatic rings. The molecule has 20 heavy (non-hydrogen) atoms. The number of sulfonamides is 1. The standard InChI is InChI=1S/C13H12FNO4S/c1-19-12-4-2-3-11(16)13(12)15-20(17,18)10-7-5-9(14)6-8-10/h2-8,15-16H,1H3. The Labute approximate surface area is 115 Å². The zero-order valence-electron chi connectivity index (χ0n) is 10.5. The highest BCUT2D eigenvalue weighted by Gasteiger charge is 2.19. The number of nitrogens with one attached hydrogen (secondary N) is 1.